The van der Waals surface area contributed by atoms with Gasteiger partial charge >= 0.3 is 0 Å². The summed E-state index contributed by atoms with van der Waals surface area (Å²) < 4.78 is 36.7. The normalized spacial score (nSPS) is 24.5. The number of thiophene rings is 1. The van der Waals surface area contributed by atoms with Gasteiger partial charge in [0.2, 0.25) is 0 Å². The third-order valence-corrected chi connectivity index (χ3v) is 7.68. The number of hydrogen-bond donors (Lipinski definition) is 2. The van der Waals surface area contributed by atoms with Crippen LogP contribution in [0.25, 0.3) is 15.7 Å². The van der Waals surface area contributed by atoms with Gasteiger partial charge in [-0.2, -0.15) is 5.26 Å². The molecule has 2 aromatic rings. The number of ether oxygens (including phenoxy) is 1. The molecule has 0 radical (unpaired) electrons. The first-order chi connectivity index (χ1) is 16.0. The highest BCUT2D eigenvalue weighted by atomic mass is 32.1. The minimum absolute atomic E-state index is 0.111. The molecule has 4 aliphatic rings. The number of pyridine rings is 1. The van der Waals surface area contributed by atoms with Crippen molar-refractivity contribution in [3.63, 3.8) is 0 Å². The van der Waals surface area contributed by atoms with Gasteiger partial charge in [-0.05, 0) is 23.5 Å². The van der Waals surface area contributed by atoms with Crippen molar-refractivity contribution < 1.29 is 13.5 Å². The zero-order chi connectivity index (χ0) is 22.9. The third-order valence-electron chi connectivity index (χ3n) is 6.66. The van der Waals surface area contributed by atoms with Crippen LogP contribution in [0.4, 0.5) is 13.8 Å². The molecule has 1 saturated heterocycles. The summed E-state index contributed by atoms with van der Waals surface area (Å²) >= 11 is 0.967. The molecule has 0 amide bonds. The minimum atomic E-state index is -0.851. The van der Waals surface area contributed by atoms with E-state index in [1.807, 2.05) is 12.3 Å². The average molecular weight is 467 g/mol. The summed E-state index contributed by atoms with van der Waals surface area (Å²) in [5.41, 5.74) is 8.76. The lowest BCUT2D eigenvalue weighted by atomic mass is 9.82. The van der Waals surface area contributed by atoms with Gasteiger partial charge in [0.25, 0.3) is 0 Å². The zero-order valence-electron chi connectivity index (χ0n) is 17.8. The predicted octanol–water partition coefficient (Wildman–Crippen LogP) is 3.46. The van der Waals surface area contributed by atoms with Crippen molar-refractivity contribution in [3.05, 3.63) is 52.0 Å². The van der Waals surface area contributed by atoms with E-state index in [2.05, 4.69) is 22.1 Å². The topological polar surface area (TPSA) is 99.6 Å². The smallest absolute Gasteiger partial charge is 0.199 e. The number of halogens is 2. The summed E-state index contributed by atoms with van der Waals surface area (Å²) in [7, 11) is 0. The zero-order valence-corrected chi connectivity index (χ0v) is 18.6. The molecule has 3 N–H and O–H groups in total. The van der Waals surface area contributed by atoms with E-state index in [9.17, 15) is 9.65 Å². The maximum atomic E-state index is 16.3. The number of aliphatic imine (C=N–C) groups is 1. The van der Waals surface area contributed by atoms with Gasteiger partial charge in [-0.15, -0.1) is 11.3 Å². The van der Waals surface area contributed by atoms with Crippen LogP contribution in [0.3, 0.4) is 0 Å². The monoisotopic (exact) mass is 466 g/mol. The van der Waals surface area contributed by atoms with Gasteiger partial charge < -0.3 is 20.7 Å². The molecule has 2 unspecified atom stereocenters. The molecule has 2 aromatic heterocycles. The molecule has 1 fully saturated rings. The number of nitrogens with zero attached hydrogens (tertiary/aromatic N) is 4. The second-order valence-electron chi connectivity index (χ2n) is 8.72. The Hall–Kier alpha value is -3.29. The number of nitrogen functional groups attached to an aromatic ring is 1. The lowest BCUT2D eigenvalue weighted by Gasteiger charge is -2.31. The summed E-state index contributed by atoms with van der Waals surface area (Å²) in [6.07, 6.45) is 3.93. The van der Waals surface area contributed by atoms with E-state index in [0.29, 0.717) is 24.1 Å². The highest BCUT2D eigenvalue weighted by Gasteiger charge is 2.40. The number of nitrogens with two attached hydrogens (primary N) is 1. The molecule has 6 rings (SSSR count). The van der Waals surface area contributed by atoms with Crippen molar-refractivity contribution >= 4 is 38.0 Å². The van der Waals surface area contributed by atoms with Crippen molar-refractivity contribution in [2.45, 2.75) is 19.4 Å². The van der Waals surface area contributed by atoms with Gasteiger partial charge in [0.05, 0.1) is 35.4 Å². The Labute approximate surface area is 192 Å². The molecular formula is C23H20F2N6OS. The molecule has 2 atom stereocenters. The summed E-state index contributed by atoms with van der Waals surface area (Å²) in [5.74, 6) is 0.113. The molecule has 5 heterocycles. The summed E-state index contributed by atoms with van der Waals surface area (Å²) in [4.78, 5) is 11.1. The number of likely N-dealkylation sites (tertiary alicyclic amines) is 1. The van der Waals surface area contributed by atoms with Crippen LogP contribution in [0, 0.1) is 23.1 Å². The molecule has 0 spiro atoms. The molecule has 168 valence electrons. The SMILES string of the molecule is CC1CCN(C2=NC3C(=CN2)C2=C(COC2)C(c2ncc(F)c4sc(N)c(C#N)c24)=C3F)C1. The third kappa shape index (κ3) is 2.92. The molecule has 0 aromatic carbocycles. The number of nitriles is 1. The number of anilines is 1. The van der Waals surface area contributed by atoms with Crippen molar-refractivity contribution in [2.24, 2.45) is 10.9 Å². The Bertz CT molecular complexity index is 1380. The van der Waals surface area contributed by atoms with Crippen LogP contribution < -0.4 is 11.1 Å². The molecular weight excluding hydrogens is 446 g/mol. The number of aromatic nitrogens is 1. The van der Waals surface area contributed by atoms with Crippen LogP contribution in [0.15, 0.2) is 39.9 Å². The van der Waals surface area contributed by atoms with Gasteiger partial charge in [-0.1, -0.05) is 6.92 Å². The largest absolute Gasteiger partial charge is 0.389 e. The fraction of sp³-hybridized carbons (Fsp3) is 0.348. The van der Waals surface area contributed by atoms with Gasteiger partial charge in [-0.25, -0.2) is 13.8 Å². The molecule has 1 aliphatic carbocycles. The first-order valence-electron chi connectivity index (χ1n) is 10.7. The lowest BCUT2D eigenvalue weighted by molar-refractivity contribution is 0.207. The highest BCUT2D eigenvalue weighted by molar-refractivity contribution is 7.23. The number of nitrogens with one attached hydrogen (secondary N) is 1. The van der Waals surface area contributed by atoms with Gasteiger partial charge in [0.15, 0.2) is 11.8 Å². The first kappa shape index (κ1) is 20.3. The van der Waals surface area contributed by atoms with Crippen molar-refractivity contribution in [3.8, 4) is 6.07 Å². The number of guanidine groups is 1. The molecule has 7 nitrogen and oxygen atoms in total. The van der Waals surface area contributed by atoms with Crippen LogP contribution in [0.1, 0.15) is 24.6 Å². The van der Waals surface area contributed by atoms with E-state index in [1.54, 1.807) is 0 Å². The van der Waals surface area contributed by atoms with Crippen molar-refractivity contribution in [2.75, 3.05) is 32.0 Å². The van der Waals surface area contributed by atoms with Gasteiger partial charge in [0.1, 0.15) is 22.9 Å². The second-order valence-corrected chi connectivity index (χ2v) is 9.78. The lowest BCUT2D eigenvalue weighted by Crippen LogP contribution is -2.42. The van der Waals surface area contributed by atoms with E-state index in [1.165, 1.54) is 0 Å². The van der Waals surface area contributed by atoms with Crippen LogP contribution in [-0.4, -0.2) is 48.2 Å². The molecule has 0 saturated carbocycles. The quantitative estimate of drug-likeness (QED) is 0.668. The molecule has 33 heavy (non-hydrogen) atoms. The van der Waals surface area contributed by atoms with Crippen LogP contribution in [0.2, 0.25) is 0 Å². The summed E-state index contributed by atoms with van der Waals surface area (Å²) in [6.45, 7) is 4.42. The van der Waals surface area contributed by atoms with Crippen LogP contribution in [0.5, 0.6) is 0 Å². The Morgan fingerprint density at radius 2 is 2.15 bits per heavy atom. The van der Waals surface area contributed by atoms with Gasteiger partial charge in [0, 0.05) is 35.8 Å². The first-order valence-corrected chi connectivity index (χ1v) is 11.6. The fourth-order valence-electron chi connectivity index (χ4n) is 5.03. The number of fused-ring (bicyclic) bond motifs is 3. The number of hydrogen-bond acceptors (Lipinski definition) is 8. The standard InChI is InChI=1S/C23H20F2N6OS/c1-10-2-3-31(7-10)23-29-5-12-13-8-32-9-14(13)16(18(25)19(12)30-23)20-17-11(4-26)22(27)33-21(17)15(24)6-28-20/h5-6,10,19H,2-3,7-9,27H2,1H3,(H,29,30). The Morgan fingerprint density at radius 3 is 2.91 bits per heavy atom. The minimum Gasteiger partial charge on any atom is -0.389 e. The maximum absolute atomic E-state index is 16.3. The Kier molecular flexibility index (Phi) is 4.54. The van der Waals surface area contributed by atoms with E-state index in [4.69, 9.17) is 15.5 Å². The summed E-state index contributed by atoms with van der Waals surface area (Å²) in [6, 6.07) is 1.18. The van der Waals surface area contributed by atoms with E-state index < -0.39 is 17.7 Å². The second kappa shape index (κ2) is 7.37. The van der Waals surface area contributed by atoms with Crippen LogP contribution in [-0.2, 0) is 4.74 Å². The average Bonchev–Trinajstić information content (AvgIpc) is 3.53. The van der Waals surface area contributed by atoms with Crippen LogP contribution >= 0.6 is 11.3 Å². The predicted molar refractivity (Wildman–Crippen MR) is 122 cm³/mol. The Balaban J connectivity index is 1.56. The van der Waals surface area contributed by atoms with E-state index >= 15 is 4.39 Å². The highest BCUT2D eigenvalue weighted by Crippen LogP contribution is 2.48. The molecule has 10 heteroatoms. The van der Waals surface area contributed by atoms with Gasteiger partial charge in [-0.3, -0.25) is 4.98 Å². The molecule has 0 bridgehead atoms. The number of rotatable bonds is 1. The van der Waals surface area contributed by atoms with E-state index in [-0.39, 0.29) is 38.5 Å². The maximum Gasteiger partial charge on any atom is 0.199 e. The van der Waals surface area contributed by atoms with E-state index in [0.717, 1.165) is 48.2 Å². The Morgan fingerprint density at radius 1 is 1.33 bits per heavy atom. The fourth-order valence-corrected chi connectivity index (χ4v) is 5.95. The molecule has 3 aliphatic heterocycles. The van der Waals surface area contributed by atoms with Crippen molar-refractivity contribution in [1.29, 1.82) is 5.26 Å². The summed E-state index contributed by atoms with van der Waals surface area (Å²) in [5, 5.41) is 13.3. The van der Waals surface area contributed by atoms with Crippen molar-refractivity contribution in [1.82, 2.24) is 15.2 Å².